The van der Waals surface area contributed by atoms with Crippen molar-refractivity contribution in [3.63, 3.8) is 0 Å². The van der Waals surface area contributed by atoms with Gasteiger partial charge in [0.2, 0.25) is 0 Å². The molecule has 2 saturated heterocycles. The predicted molar refractivity (Wildman–Crippen MR) is 108 cm³/mol. The van der Waals surface area contributed by atoms with Crippen molar-refractivity contribution >= 4 is 5.96 Å². The Morgan fingerprint density at radius 3 is 2.78 bits per heavy atom. The van der Waals surface area contributed by atoms with Crippen LogP contribution in [0.1, 0.15) is 24.3 Å². The SMILES string of the molecule is CN=C(NCC1CCOc2ccccc21)N1CCN(CC2CCOC2)CC1. The van der Waals surface area contributed by atoms with Gasteiger partial charge in [-0.15, -0.1) is 0 Å². The number of benzene rings is 1. The number of nitrogens with one attached hydrogen (secondary N) is 1. The predicted octanol–water partition coefficient (Wildman–Crippen LogP) is 1.78. The Morgan fingerprint density at radius 2 is 2.00 bits per heavy atom. The van der Waals surface area contributed by atoms with Gasteiger partial charge in [-0.05, 0) is 30.4 Å². The Kier molecular flexibility index (Phi) is 6.14. The largest absolute Gasteiger partial charge is 0.493 e. The molecule has 27 heavy (non-hydrogen) atoms. The van der Waals surface area contributed by atoms with Gasteiger partial charge in [-0.1, -0.05) is 18.2 Å². The topological polar surface area (TPSA) is 49.3 Å². The van der Waals surface area contributed by atoms with E-state index in [1.54, 1.807) is 0 Å². The maximum atomic E-state index is 5.79. The molecule has 1 N–H and O–H groups in total. The van der Waals surface area contributed by atoms with Gasteiger partial charge in [-0.3, -0.25) is 9.89 Å². The van der Waals surface area contributed by atoms with Gasteiger partial charge in [-0.2, -0.15) is 0 Å². The number of hydrogen-bond acceptors (Lipinski definition) is 4. The third-order valence-corrected chi connectivity index (χ3v) is 6.01. The van der Waals surface area contributed by atoms with Crippen LogP contribution in [0.4, 0.5) is 0 Å². The monoisotopic (exact) mass is 372 g/mol. The summed E-state index contributed by atoms with van der Waals surface area (Å²) in [5, 5.41) is 3.62. The molecule has 2 unspecified atom stereocenters. The van der Waals surface area contributed by atoms with E-state index in [1.807, 2.05) is 13.1 Å². The summed E-state index contributed by atoms with van der Waals surface area (Å²) in [5.74, 6) is 3.27. The third-order valence-electron chi connectivity index (χ3n) is 6.01. The number of fused-ring (bicyclic) bond motifs is 1. The van der Waals surface area contributed by atoms with Crippen LogP contribution in [0.2, 0.25) is 0 Å². The molecule has 4 rings (SSSR count). The van der Waals surface area contributed by atoms with E-state index >= 15 is 0 Å². The van der Waals surface area contributed by atoms with Crippen molar-refractivity contribution < 1.29 is 9.47 Å². The van der Waals surface area contributed by atoms with E-state index in [0.29, 0.717) is 5.92 Å². The molecule has 3 aliphatic rings. The maximum absolute atomic E-state index is 5.79. The summed E-state index contributed by atoms with van der Waals surface area (Å²) in [6, 6.07) is 8.41. The molecule has 0 radical (unpaired) electrons. The zero-order valence-electron chi connectivity index (χ0n) is 16.4. The summed E-state index contributed by atoms with van der Waals surface area (Å²) in [6.07, 6.45) is 2.27. The first kappa shape index (κ1) is 18.6. The van der Waals surface area contributed by atoms with Gasteiger partial charge < -0.3 is 19.7 Å². The minimum atomic E-state index is 0.482. The van der Waals surface area contributed by atoms with Crippen LogP contribution in [-0.4, -0.2) is 81.9 Å². The summed E-state index contributed by atoms with van der Waals surface area (Å²) in [6.45, 7) is 9.06. The van der Waals surface area contributed by atoms with Gasteiger partial charge in [0.1, 0.15) is 5.75 Å². The number of rotatable bonds is 4. The number of guanidine groups is 1. The molecule has 2 atom stereocenters. The van der Waals surface area contributed by atoms with Crippen LogP contribution in [0.3, 0.4) is 0 Å². The summed E-state index contributed by atoms with van der Waals surface area (Å²) in [7, 11) is 1.89. The van der Waals surface area contributed by atoms with Gasteiger partial charge in [0, 0.05) is 58.8 Å². The average molecular weight is 373 g/mol. The minimum absolute atomic E-state index is 0.482. The second-order valence-corrected chi connectivity index (χ2v) is 7.82. The van der Waals surface area contributed by atoms with Crippen LogP contribution in [-0.2, 0) is 4.74 Å². The number of hydrogen-bond donors (Lipinski definition) is 1. The lowest BCUT2D eigenvalue weighted by Gasteiger charge is -2.37. The second kappa shape index (κ2) is 8.93. The molecule has 148 valence electrons. The van der Waals surface area contributed by atoms with Crippen molar-refractivity contribution in [3.8, 4) is 5.75 Å². The molecule has 3 aliphatic heterocycles. The van der Waals surface area contributed by atoms with E-state index < -0.39 is 0 Å². The fourth-order valence-corrected chi connectivity index (χ4v) is 4.41. The lowest BCUT2D eigenvalue weighted by atomic mass is 9.93. The van der Waals surface area contributed by atoms with Gasteiger partial charge >= 0.3 is 0 Å². The smallest absolute Gasteiger partial charge is 0.193 e. The molecule has 2 fully saturated rings. The second-order valence-electron chi connectivity index (χ2n) is 7.82. The Balaban J connectivity index is 1.27. The van der Waals surface area contributed by atoms with Crippen LogP contribution in [0.25, 0.3) is 0 Å². The Morgan fingerprint density at radius 1 is 1.15 bits per heavy atom. The maximum Gasteiger partial charge on any atom is 0.193 e. The summed E-state index contributed by atoms with van der Waals surface area (Å²) < 4.78 is 11.3. The van der Waals surface area contributed by atoms with E-state index in [9.17, 15) is 0 Å². The molecular weight excluding hydrogens is 340 g/mol. The number of para-hydroxylation sites is 1. The molecular formula is C21H32N4O2. The van der Waals surface area contributed by atoms with Crippen LogP contribution in [0, 0.1) is 5.92 Å². The van der Waals surface area contributed by atoms with Gasteiger partial charge in [0.15, 0.2) is 5.96 Å². The molecule has 0 amide bonds. The quantitative estimate of drug-likeness (QED) is 0.645. The highest BCUT2D eigenvalue weighted by atomic mass is 16.5. The summed E-state index contributed by atoms with van der Waals surface area (Å²) >= 11 is 0. The normalized spacial score (nSPS) is 26.6. The lowest BCUT2D eigenvalue weighted by molar-refractivity contribution is 0.139. The molecule has 0 aromatic heterocycles. The molecule has 0 spiro atoms. The fourth-order valence-electron chi connectivity index (χ4n) is 4.41. The van der Waals surface area contributed by atoms with Crippen molar-refractivity contribution in [2.75, 3.05) is 66.1 Å². The van der Waals surface area contributed by atoms with E-state index in [0.717, 1.165) is 76.6 Å². The molecule has 6 nitrogen and oxygen atoms in total. The number of aliphatic imine (C=N–C) groups is 1. The molecule has 1 aromatic rings. The first-order valence-electron chi connectivity index (χ1n) is 10.3. The van der Waals surface area contributed by atoms with E-state index in [4.69, 9.17) is 9.47 Å². The van der Waals surface area contributed by atoms with Crippen molar-refractivity contribution in [2.45, 2.75) is 18.8 Å². The van der Waals surface area contributed by atoms with Crippen molar-refractivity contribution in [1.29, 1.82) is 0 Å². The van der Waals surface area contributed by atoms with E-state index in [-0.39, 0.29) is 0 Å². The minimum Gasteiger partial charge on any atom is -0.493 e. The molecule has 6 heteroatoms. The highest BCUT2D eigenvalue weighted by molar-refractivity contribution is 5.80. The molecule has 3 heterocycles. The average Bonchev–Trinajstić information content (AvgIpc) is 3.23. The standard InChI is InChI=1S/C21H32N4O2/c1-22-21(23-14-18-7-13-27-20-5-3-2-4-19(18)20)25-10-8-24(9-11-25)15-17-6-12-26-16-17/h2-5,17-18H,6-16H2,1H3,(H,22,23). The number of nitrogens with zero attached hydrogens (tertiary/aromatic N) is 3. The zero-order chi connectivity index (χ0) is 18.5. The molecule has 0 bridgehead atoms. The van der Waals surface area contributed by atoms with E-state index in [1.165, 1.54) is 18.5 Å². The number of piperazine rings is 1. The van der Waals surface area contributed by atoms with E-state index in [2.05, 4.69) is 38.3 Å². The first-order chi connectivity index (χ1) is 13.3. The molecule has 0 saturated carbocycles. The Bertz CT molecular complexity index is 637. The fraction of sp³-hybridized carbons (Fsp3) is 0.667. The first-order valence-corrected chi connectivity index (χ1v) is 10.3. The summed E-state index contributed by atoms with van der Waals surface area (Å²) in [4.78, 5) is 9.52. The lowest BCUT2D eigenvalue weighted by Crippen LogP contribution is -2.53. The highest BCUT2D eigenvalue weighted by Crippen LogP contribution is 2.32. The molecule has 1 aromatic carbocycles. The van der Waals surface area contributed by atoms with Crippen molar-refractivity contribution in [2.24, 2.45) is 10.9 Å². The van der Waals surface area contributed by atoms with Crippen LogP contribution in [0.5, 0.6) is 5.75 Å². The van der Waals surface area contributed by atoms with Gasteiger partial charge in [0.05, 0.1) is 13.2 Å². The van der Waals surface area contributed by atoms with Crippen LogP contribution >= 0.6 is 0 Å². The highest BCUT2D eigenvalue weighted by Gasteiger charge is 2.25. The zero-order valence-corrected chi connectivity index (χ0v) is 16.4. The summed E-state index contributed by atoms with van der Waals surface area (Å²) in [5.41, 5.74) is 1.32. The third kappa shape index (κ3) is 4.55. The Hall–Kier alpha value is -1.79. The van der Waals surface area contributed by atoms with Crippen LogP contribution in [0.15, 0.2) is 29.3 Å². The van der Waals surface area contributed by atoms with Crippen molar-refractivity contribution in [3.05, 3.63) is 29.8 Å². The Labute approximate surface area is 162 Å². The molecule has 0 aliphatic carbocycles. The number of ether oxygens (including phenoxy) is 2. The van der Waals surface area contributed by atoms with Crippen LogP contribution < -0.4 is 10.1 Å². The van der Waals surface area contributed by atoms with Gasteiger partial charge in [0.25, 0.3) is 0 Å². The van der Waals surface area contributed by atoms with Crippen molar-refractivity contribution in [1.82, 2.24) is 15.1 Å². The van der Waals surface area contributed by atoms with Gasteiger partial charge in [-0.25, -0.2) is 0 Å².